The smallest absolute Gasteiger partial charge is 0.215 e. The van der Waals surface area contributed by atoms with Crippen molar-refractivity contribution in [3.8, 4) is 6.07 Å². The third-order valence-electron chi connectivity index (χ3n) is 1.82. The van der Waals surface area contributed by atoms with E-state index in [1.54, 1.807) is 25.2 Å². The topological polar surface area (TPSA) is 44.1 Å². The molecule has 0 aliphatic carbocycles. The summed E-state index contributed by atoms with van der Waals surface area (Å²) in [5, 5.41) is 10.7. The van der Waals surface area contributed by atoms with E-state index in [-0.39, 0.29) is 11.4 Å². The van der Waals surface area contributed by atoms with E-state index in [9.17, 15) is 4.79 Å². The van der Waals surface area contributed by atoms with Gasteiger partial charge < -0.3 is 4.90 Å². The maximum atomic E-state index is 11.9. The monoisotopic (exact) mass is 220 g/mol. The van der Waals surface area contributed by atoms with E-state index in [1.165, 1.54) is 11.3 Å². The highest BCUT2D eigenvalue weighted by molar-refractivity contribution is 7.12. The highest BCUT2D eigenvalue weighted by Gasteiger charge is 2.15. The lowest BCUT2D eigenvalue weighted by Crippen LogP contribution is -2.08. The van der Waals surface area contributed by atoms with Crippen LogP contribution in [0.25, 0.3) is 0 Å². The van der Waals surface area contributed by atoms with Crippen molar-refractivity contribution in [2.45, 2.75) is 6.92 Å². The van der Waals surface area contributed by atoms with Crippen LogP contribution < -0.4 is 0 Å². The highest BCUT2D eigenvalue weighted by Crippen LogP contribution is 2.19. The van der Waals surface area contributed by atoms with Crippen molar-refractivity contribution in [2.75, 3.05) is 14.1 Å². The Morgan fingerprint density at radius 1 is 1.60 bits per heavy atom. The minimum Gasteiger partial charge on any atom is -0.382 e. The van der Waals surface area contributed by atoms with Gasteiger partial charge in [0, 0.05) is 20.3 Å². The Labute approximate surface area is 93.3 Å². The lowest BCUT2D eigenvalue weighted by molar-refractivity contribution is 0.104. The fourth-order valence-corrected chi connectivity index (χ4v) is 2.00. The van der Waals surface area contributed by atoms with Gasteiger partial charge in [0.1, 0.15) is 11.6 Å². The number of carbonyl (C=O) groups is 1. The zero-order valence-electron chi connectivity index (χ0n) is 8.94. The zero-order chi connectivity index (χ0) is 11.4. The standard InChI is InChI=1S/C11H12N2OS/c1-8-4-5-15-11(8)10(14)9(6-12)7-13(2)3/h4-5,7H,1-3H3. The SMILES string of the molecule is Cc1ccsc1C(=O)C(C#N)=CN(C)C. The van der Waals surface area contributed by atoms with Crippen LogP contribution in [0, 0.1) is 18.3 Å². The lowest BCUT2D eigenvalue weighted by atomic mass is 10.1. The van der Waals surface area contributed by atoms with Crippen molar-refractivity contribution >= 4 is 17.1 Å². The van der Waals surface area contributed by atoms with Crippen LogP contribution in [0.4, 0.5) is 0 Å². The van der Waals surface area contributed by atoms with E-state index in [0.29, 0.717) is 4.88 Å². The van der Waals surface area contributed by atoms with Crippen molar-refractivity contribution in [3.63, 3.8) is 0 Å². The van der Waals surface area contributed by atoms with Gasteiger partial charge in [0.15, 0.2) is 0 Å². The molecule has 0 spiro atoms. The molecule has 4 heteroatoms. The molecule has 15 heavy (non-hydrogen) atoms. The van der Waals surface area contributed by atoms with E-state index in [2.05, 4.69) is 0 Å². The molecule has 0 saturated heterocycles. The number of thiophene rings is 1. The normalized spacial score (nSPS) is 10.9. The Kier molecular flexibility index (Phi) is 3.64. The average molecular weight is 220 g/mol. The fraction of sp³-hybridized carbons (Fsp3) is 0.273. The summed E-state index contributed by atoms with van der Waals surface area (Å²) in [7, 11) is 3.57. The van der Waals surface area contributed by atoms with Gasteiger partial charge in [0.25, 0.3) is 0 Å². The molecule has 0 amide bonds. The number of hydrogen-bond acceptors (Lipinski definition) is 4. The Morgan fingerprint density at radius 2 is 2.27 bits per heavy atom. The summed E-state index contributed by atoms with van der Waals surface area (Å²) in [4.78, 5) is 14.2. The summed E-state index contributed by atoms with van der Waals surface area (Å²) in [6, 6.07) is 3.80. The van der Waals surface area contributed by atoms with Crippen LogP contribution in [0.2, 0.25) is 0 Å². The number of Topliss-reactive ketones (excluding diaryl/α,β-unsaturated/α-hetero) is 1. The van der Waals surface area contributed by atoms with Gasteiger partial charge in [-0.1, -0.05) is 0 Å². The van der Waals surface area contributed by atoms with Gasteiger partial charge in [-0.15, -0.1) is 11.3 Å². The first-order valence-corrected chi connectivity index (χ1v) is 5.31. The molecule has 0 saturated carbocycles. The van der Waals surface area contributed by atoms with Crippen LogP contribution in [0.1, 0.15) is 15.2 Å². The lowest BCUT2D eigenvalue weighted by Gasteiger charge is -2.05. The van der Waals surface area contributed by atoms with Gasteiger partial charge in [-0.25, -0.2) is 0 Å². The number of allylic oxidation sites excluding steroid dienone is 1. The van der Waals surface area contributed by atoms with Crippen molar-refractivity contribution < 1.29 is 4.79 Å². The third-order valence-corrected chi connectivity index (χ3v) is 2.84. The van der Waals surface area contributed by atoms with E-state index < -0.39 is 0 Å². The Hall–Kier alpha value is -1.60. The predicted molar refractivity (Wildman–Crippen MR) is 60.8 cm³/mol. The second kappa shape index (κ2) is 4.76. The predicted octanol–water partition coefficient (Wildman–Crippen LogP) is 2.21. The van der Waals surface area contributed by atoms with Gasteiger partial charge in [-0.3, -0.25) is 4.79 Å². The van der Waals surface area contributed by atoms with E-state index >= 15 is 0 Å². The maximum absolute atomic E-state index is 11.9. The van der Waals surface area contributed by atoms with Crippen LogP contribution in [0.5, 0.6) is 0 Å². The van der Waals surface area contributed by atoms with Crippen molar-refractivity contribution in [1.29, 1.82) is 5.26 Å². The van der Waals surface area contributed by atoms with Crippen LogP contribution in [0.15, 0.2) is 23.2 Å². The highest BCUT2D eigenvalue weighted by atomic mass is 32.1. The quantitative estimate of drug-likeness (QED) is 0.445. The molecule has 0 unspecified atom stereocenters. The van der Waals surface area contributed by atoms with Gasteiger partial charge in [0.2, 0.25) is 5.78 Å². The summed E-state index contributed by atoms with van der Waals surface area (Å²) in [6.07, 6.45) is 1.54. The molecule has 78 valence electrons. The fourth-order valence-electron chi connectivity index (χ4n) is 1.12. The second-order valence-electron chi connectivity index (χ2n) is 3.38. The average Bonchev–Trinajstić information content (AvgIpc) is 2.59. The number of aryl methyl sites for hydroxylation is 1. The third kappa shape index (κ3) is 2.67. The van der Waals surface area contributed by atoms with Crippen molar-refractivity contribution in [2.24, 2.45) is 0 Å². The number of nitrogens with zero attached hydrogens (tertiary/aromatic N) is 2. The molecule has 1 rings (SSSR count). The van der Waals surface area contributed by atoms with Crippen molar-refractivity contribution in [1.82, 2.24) is 4.90 Å². The molecule has 1 aromatic rings. The first-order chi connectivity index (χ1) is 7.06. The minimum atomic E-state index is -0.196. The molecule has 1 aromatic heterocycles. The van der Waals surface area contributed by atoms with E-state index in [1.807, 2.05) is 24.4 Å². The molecule has 0 radical (unpaired) electrons. The Balaban J connectivity index is 3.05. The summed E-state index contributed by atoms with van der Waals surface area (Å²) < 4.78 is 0. The Bertz CT molecular complexity index is 438. The molecule has 0 fully saturated rings. The molecule has 0 atom stereocenters. The van der Waals surface area contributed by atoms with Crippen LogP contribution in [-0.2, 0) is 0 Å². The number of rotatable bonds is 3. The first kappa shape index (κ1) is 11.5. The second-order valence-corrected chi connectivity index (χ2v) is 4.30. The van der Waals surface area contributed by atoms with Gasteiger partial charge in [-0.05, 0) is 23.9 Å². The van der Waals surface area contributed by atoms with Gasteiger partial charge in [0.05, 0.1) is 4.88 Å². The molecular formula is C11H12N2OS. The number of nitriles is 1. The molecule has 0 aromatic carbocycles. The van der Waals surface area contributed by atoms with Gasteiger partial charge >= 0.3 is 0 Å². The molecule has 0 bridgehead atoms. The maximum Gasteiger partial charge on any atom is 0.215 e. The minimum absolute atomic E-state index is 0.172. The summed E-state index contributed by atoms with van der Waals surface area (Å²) in [5.74, 6) is -0.196. The number of carbonyl (C=O) groups excluding carboxylic acids is 1. The molecule has 0 aliphatic heterocycles. The van der Waals surface area contributed by atoms with Crippen molar-refractivity contribution in [3.05, 3.63) is 33.7 Å². The van der Waals surface area contributed by atoms with E-state index in [4.69, 9.17) is 5.26 Å². The summed E-state index contributed by atoms with van der Waals surface area (Å²) >= 11 is 1.37. The zero-order valence-corrected chi connectivity index (χ0v) is 9.76. The molecule has 0 N–H and O–H groups in total. The Morgan fingerprint density at radius 3 is 2.67 bits per heavy atom. The molecule has 0 aliphatic rings. The number of ketones is 1. The number of hydrogen-bond donors (Lipinski definition) is 0. The molecular weight excluding hydrogens is 208 g/mol. The van der Waals surface area contributed by atoms with Crippen LogP contribution >= 0.6 is 11.3 Å². The molecule has 3 nitrogen and oxygen atoms in total. The van der Waals surface area contributed by atoms with Crippen LogP contribution in [-0.4, -0.2) is 24.8 Å². The molecule has 1 heterocycles. The van der Waals surface area contributed by atoms with E-state index in [0.717, 1.165) is 5.56 Å². The summed E-state index contributed by atoms with van der Waals surface area (Å²) in [5.41, 5.74) is 1.09. The summed E-state index contributed by atoms with van der Waals surface area (Å²) in [6.45, 7) is 1.87. The first-order valence-electron chi connectivity index (χ1n) is 4.43. The van der Waals surface area contributed by atoms with Gasteiger partial charge in [-0.2, -0.15) is 5.26 Å². The van der Waals surface area contributed by atoms with Crippen LogP contribution in [0.3, 0.4) is 0 Å². The largest absolute Gasteiger partial charge is 0.382 e.